The standard InChI is InChI=1S/2C8H8O2.Sn/c2*9-8(10)6-7-4-2-1-3-5-7;/h2*1-5H,6H2,(H,9,10);/q;;+2/p-2. The second-order valence-electron chi connectivity index (χ2n) is 4.07. The first kappa shape index (κ1) is 19.2. The van der Waals surface area contributed by atoms with Gasteiger partial charge in [-0.25, -0.2) is 0 Å². The van der Waals surface area contributed by atoms with Crippen molar-refractivity contribution in [2.45, 2.75) is 12.8 Å². The number of carbonyl (C=O) groups is 2. The molecule has 4 nitrogen and oxygen atoms in total. The van der Waals surface area contributed by atoms with E-state index >= 15 is 0 Å². The summed E-state index contributed by atoms with van der Waals surface area (Å²) in [6, 6.07) is 17.9. The van der Waals surface area contributed by atoms with Crippen LogP contribution in [0.2, 0.25) is 0 Å². The van der Waals surface area contributed by atoms with Crippen LogP contribution in [0.4, 0.5) is 0 Å². The van der Waals surface area contributed by atoms with Crippen LogP contribution < -0.4 is 10.2 Å². The van der Waals surface area contributed by atoms with E-state index in [-0.39, 0.29) is 36.7 Å². The van der Waals surface area contributed by atoms with Crippen LogP contribution in [0.15, 0.2) is 60.7 Å². The number of benzene rings is 2. The monoisotopic (exact) mass is 390 g/mol. The predicted octanol–water partition coefficient (Wildman–Crippen LogP) is -0.423. The van der Waals surface area contributed by atoms with Crippen LogP contribution in [0.3, 0.4) is 0 Å². The zero-order valence-electron chi connectivity index (χ0n) is 11.3. The molecule has 2 radical (unpaired) electrons. The molecule has 21 heavy (non-hydrogen) atoms. The van der Waals surface area contributed by atoms with E-state index in [1.165, 1.54) is 0 Å². The second-order valence-corrected chi connectivity index (χ2v) is 4.07. The topological polar surface area (TPSA) is 80.3 Å². The molecule has 0 saturated heterocycles. The van der Waals surface area contributed by atoms with Gasteiger partial charge in [0.15, 0.2) is 0 Å². The van der Waals surface area contributed by atoms with Gasteiger partial charge >= 0.3 is 23.9 Å². The van der Waals surface area contributed by atoms with Gasteiger partial charge in [0.1, 0.15) is 0 Å². The third kappa shape index (κ3) is 9.67. The van der Waals surface area contributed by atoms with Gasteiger partial charge in [-0.1, -0.05) is 60.7 Å². The first-order valence-corrected chi connectivity index (χ1v) is 6.05. The molecule has 2 aromatic carbocycles. The third-order valence-corrected chi connectivity index (χ3v) is 2.38. The molecule has 2 aromatic rings. The maximum Gasteiger partial charge on any atom is 2.00 e. The molecule has 0 N–H and O–H groups in total. The Labute approximate surface area is 140 Å². The smallest absolute Gasteiger partial charge is 0.550 e. The summed E-state index contributed by atoms with van der Waals surface area (Å²) >= 11 is 0. The fraction of sp³-hybridized carbons (Fsp3) is 0.125. The quantitative estimate of drug-likeness (QED) is 0.666. The van der Waals surface area contributed by atoms with E-state index in [9.17, 15) is 19.8 Å². The molecule has 0 amide bonds. The van der Waals surface area contributed by atoms with Crippen molar-refractivity contribution < 1.29 is 19.8 Å². The first-order valence-electron chi connectivity index (χ1n) is 6.05. The van der Waals surface area contributed by atoms with Gasteiger partial charge in [0.25, 0.3) is 0 Å². The number of hydrogen-bond acceptors (Lipinski definition) is 4. The van der Waals surface area contributed by atoms with Crippen molar-refractivity contribution in [3.63, 3.8) is 0 Å². The molecule has 0 aliphatic rings. The van der Waals surface area contributed by atoms with Crippen LogP contribution in [0.25, 0.3) is 0 Å². The molecule has 0 heterocycles. The molecule has 0 aromatic heterocycles. The molecule has 0 unspecified atom stereocenters. The van der Waals surface area contributed by atoms with Gasteiger partial charge in [-0.2, -0.15) is 0 Å². The van der Waals surface area contributed by atoms with Crippen molar-refractivity contribution in [1.82, 2.24) is 0 Å². The van der Waals surface area contributed by atoms with Crippen LogP contribution in [0.5, 0.6) is 0 Å². The number of hydrogen-bond donors (Lipinski definition) is 0. The summed E-state index contributed by atoms with van der Waals surface area (Å²) in [5.41, 5.74) is 1.56. The average molecular weight is 389 g/mol. The van der Waals surface area contributed by atoms with E-state index in [0.717, 1.165) is 11.1 Å². The van der Waals surface area contributed by atoms with Crippen molar-refractivity contribution in [3.05, 3.63) is 71.8 Å². The molecule has 0 spiro atoms. The SMILES string of the molecule is O=C([O-])Cc1ccccc1.O=C([O-])Cc1ccccc1.[Sn+2]. The van der Waals surface area contributed by atoms with Gasteiger partial charge in [-0.3, -0.25) is 0 Å². The number of carboxylic acid groups (broad SMARTS) is 2. The molecule has 0 bridgehead atoms. The number of carboxylic acids is 2. The normalized spacial score (nSPS) is 8.76. The Morgan fingerprint density at radius 3 is 1.19 bits per heavy atom. The molecular weight excluding hydrogens is 375 g/mol. The van der Waals surface area contributed by atoms with Crippen molar-refractivity contribution in [2.24, 2.45) is 0 Å². The summed E-state index contributed by atoms with van der Waals surface area (Å²) in [6.45, 7) is 0. The molecule has 0 aliphatic carbocycles. The van der Waals surface area contributed by atoms with Gasteiger partial charge in [0, 0.05) is 24.8 Å². The second kappa shape index (κ2) is 10.9. The predicted molar refractivity (Wildman–Crippen MR) is 76.1 cm³/mol. The van der Waals surface area contributed by atoms with Crippen LogP contribution in [-0.2, 0) is 22.4 Å². The summed E-state index contributed by atoms with van der Waals surface area (Å²) < 4.78 is 0. The molecule has 0 atom stereocenters. The maximum atomic E-state index is 10.1. The zero-order chi connectivity index (χ0) is 14.8. The summed E-state index contributed by atoms with van der Waals surface area (Å²) in [7, 11) is 0. The summed E-state index contributed by atoms with van der Waals surface area (Å²) in [6.07, 6.45) is 0.00167. The number of rotatable bonds is 4. The van der Waals surface area contributed by atoms with E-state index in [4.69, 9.17) is 0 Å². The van der Waals surface area contributed by atoms with Crippen molar-refractivity contribution >= 4 is 35.8 Å². The van der Waals surface area contributed by atoms with Crippen LogP contribution in [-0.4, -0.2) is 35.8 Å². The summed E-state index contributed by atoms with van der Waals surface area (Å²) in [4.78, 5) is 20.1. The Morgan fingerprint density at radius 2 is 0.952 bits per heavy atom. The number of carbonyl (C=O) groups excluding carboxylic acids is 2. The van der Waals surface area contributed by atoms with Crippen molar-refractivity contribution in [3.8, 4) is 0 Å². The Kier molecular flexibility index (Phi) is 9.96. The minimum absolute atomic E-state index is 0. The van der Waals surface area contributed by atoms with E-state index in [0.29, 0.717) is 0 Å². The van der Waals surface area contributed by atoms with Crippen molar-refractivity contribution in [2.75, 3.05) is 0 Å². The summed E-state index contributed by atoms with van der Waals surface area (Å²) in [5.74, 6) is -2.07. The van der Waals surface area contributed by atoms with E-state index in [2.05, 4.69) is 0 Å². The van der Waals surface area contributed by atoms with Gasteiger partial charge in [-0.15, -0.1) is 0 Å². The Balaban J connectivity index is 0.000000364. The third-order valence-electron chi connectivity index (χ3n) is 2.38. The maximum absolute atomic E-state index is 10.1. The van der Waals surface area contributed by atoms with Crippen molar-refractivity contribution in [1.29, 1.82) is 0 Å². The Bertz CT molecular complexity index is 489. The van der Waals surface area contributed by atoms with Gasteiger partial charge < -0.3 is 19.8 Å². The van der Waals surface area contributed by atoms with Gasteiger partial charge in [0.2, 0.25) is 0 Å². The molecule has 2 rings (SSSR count). The largest absolute Gasteiger partial charge is 2.00 e. The summed E-state index contributed by atoms with van der Waals surface area (Å²) in [5, 5.41) is 20.1. The number of aliphatic carboxylic acids is 2. The first-order chi connectivity index (χ1) is 9.58. The van der Waals surface area contributed by atoms with Gasteiger partial charge in [-0.05, 0) is 11.1 Å². The van der Waals surface area contributed by atoms with Crippen LogP contribution in [0.1, 0.15) is 11.1 Å². The molecular formula is C16H14O4Sn. The molecule has 0 aliphatic heterocycles. The van der Waals surface area contributed by atoms with Gasteiger partial charge in [0.05, 0.1) is 0 Å². The average Bonchev–Trinajstić information content (AvgIpc) is 2.40. The molecule has 0 saturated carbocycles. The fourth-order valence-electron chi connectivity index (χ4n) is 1.53. The fourth-order valence-corrected chi connectivity index (χ4v) is 1.53. The van der Waals surface area contributed by atoms with E-state index in [1.807, 2.05) is 12.1 Å². The zero-order valence-corrected chi connectivity index (χ0v) is 14.2. The minimum Gasteiger partial charge on any atom is -0.550 e. The van der Waals surface area contributed by atoms with E-state index < -0.39 is 11.9 Å². The van der Waals surface area contributed by atoms with Crippen LogP contribution in [0, 0.1) is 0 Å². The Hall–Kier alpha value is -1.82. The minimum atomic E-state index is -1.04. The molecule has 106 valence electrons. The molecule has 0 fully saturated rings. The van der Waals surface area contributed by atoms with Crippen LogP contribution >= 0.6 is 0 Å². The Morgan fingerprint density at radius 1 is 0.667 bits per heavy atom. The van der Waals surface area contributed by atoms with E-state index in [1.54, 1.807) is 48.5 Å². The molecule has 5 heteroatoms.